The fourth-order valence-electron chi connectivity index (χ4n) is 1.94. The van der Waals surface area contributed by atoms with Crippen molar-refractivity contribution in [2.75, 3.05) is 26.4 Å². The van der Waals surface area contributed by atoms with Gasteiger partial charge >= 0.3 is 0 Å². The Kier molecular flexibility index (Phi) is 6.84. The lowest BCUT2D eigenvalue weighted by atomic mass is 9.92. The number of hydrogen-bond acceptors (Lipinski definition) is 3. The number of hydrogen-bond donors (Lipinski definition) is 1. The molecule has 0 spiro atoms. The maximum atomic E-state index is 11.8. The number of alkyl halides is 2. The quantitative estimate of drug-likeness (QED) is 0.687. The standard InChI is InChI=1S/C11H21F2NO2/c12-11(13)8-16-6-3-10(14)7-9-1-4-15-5-2-9/h9-11H,1-8,14H2. The van der Waals surface area contributed by atoms with Crippen molar-refractivity contribution in [3.63, 3.8) is 0 Å². The summed E-state index contributed by atoms with van der Waals surface area (Å²) in [4.78, 5) is 0. The lowest BCUT2D eigenvalue weighted by molar-refractivity contribution is 0.0136. The third kappa shape index (κ3) is 6.35. The largest absolute Gasteiger partial charge is 0.381 e. The van der Waals surface area contributed by atoms with E-state index < -0.39 is 13.0 Å². The highest BCUT2D eigenvalue weighted by molar-refractivity contribution is 4.70. The van der Waals surface area contributed by atoms with Gasteiger partial charge in [-0.05, 0) is 31.6 Å². The fraction of sp³-hybridized carbons (Fsp3) is 1.00. The molecule has 1 heterocycles. The van der Waals surface area contributed by atoms with E-state index in [0.717, 1.165) is 32.5 Å². The van der Waals surface area contributed by atoms with Gasteiger partial charge in [-0.2, -0.15) is 0 Å². The molecule has 0 aromatic heterocycles. The van der Waals surface area contributed by atoms with Crippen LogP contribution in [0.2, 0.25) is 0 Å². The maximum absolute atomic E-state index is 11.8. The number of rotatable bonds is 7. The van der Waals surface area contributed by atoms with E-state index in [1.807, 2.05) is 0 Å². The van der Waals surface area contributed by atoms with Crippen molar-refractivity contribution < 1.29 is 18.3 Å². The first kappa shape index (κ1) is 13.8. The van der Waals surface area contributed by atoms with E-state index in [0.29, 0.717) is 18.9 Å². The van der Waals surface area contributed by atoms with Crippen LogP contribution in [-0.2, 0) is 9.47 Å². The molecule has 96 valence electrons. The van der Waals surface area contributed by atoms with Crippen LogP contribution in [0.5, 0.6) is 0 Å². The molecule has 1 unspecified atom stereocenters. The molecule has 1 atom stereocenters. The lowest BCUT2D eigenvalue weighted by Crippen LogP contribution is -2.28. The maximum Gasteiger partial charge on any atom is 0.261 e. The fourth-order valence-corrected chi connectivity index (χ4v) is 1.94. The minimum atomic E-state index is -2.38. The van der Waals surface area contributed by atoms with Gasteiger partial charge in [-0.3, -0.25) is 0 Å². The second-order valence-electron chi connectivity index (χ2n) is 4.31. The van der Waals surface area contributed by atoms with Gasteiger partial charge in [0, 0.05) is 25.9 Å². The van der Waals surface area contributed by atoms with Crippen molar-refractivity contribution in [1.29, 1.82) is 0 Å². The Labute approximate surface area is 95.3 Å². The van der Waals surface area contributed by atoms with Crippen LogP contribution in [0.4, 0.5) is 8.78 Å². The molecule has 1 aliphatic heterocycles. The molecule has 0 aromatic carbocycles. The van der Waals surface area contributed by atoms with Gasteiger partial charge in [-0.25, -0.2) is 8.78 Å². The first-order valence-corrected chi connectivity index (χ1v) is 5.87. The topological polar surface area (TPSA) is 44.5 Å². The molecule has 0 bridgehead atoms. The van der Waals surface area contributed by atoms with Gasteiger partial charge in [0.2, 0.25) is 0 Å². The van der Waals surface area contributed by atoms with Gasteiger partial charge in [0.1, 0.15) is 6.61 Å². The van der Waals surface area contributed by atoms with Crippen LogP contribution < -0.4 is 5.73 Å². The summed E-state index contributed by atoms with van der Waals surface area (Å²) in [6, 6.07) is 0.0563. The Morgan fingerprint density at radius 2 is 2.00 bits per heavy atom. The molecule has 2 N–H and O–H groups in total. The zero-order valence-corrected chi connectivity index (χ0v) is 9.54. The molecule has 16 heavy (non-hydrogen) atoms. The molecule has 1 rings (SSSR count). The first-order chi connectivity index (χ1) is 7.68. The van der Waals surface area contributed by atoms with Gasteiger partial charge in [0.05, 0.1) is 0 Å². The van der Waals surface area contributed by atoms with Crippen molar-refractivity contribution in [2.24, 2.45) is 11.7 Å². The minimum absolute atomic E-state index is 0.0563. The van der Waals surface area contributed by atoms with Crippen molar-refractivity contribution in [3.05, 3.63) is 0 Å². The zero-order valence-electron chi connectivity index (χ0n) is 9.54. The smallest absolute Gasteiger partial charge is 0.261 e. The normalized spacial score (nSPS) is 20.2. The number of halogens is 2. The monoisotopic (exact) mass is 237 g/mol. The molecule has 1 aliphatic rings. The second kappa shape index (κ2) is 7.92. The molecule has 0 aliphatic carbocycles. The molecule has 1 fully saturated rings. The molecule has 1 saturated heterocycles. The van der Waals surface area contributed by atoms with Crippen LogP contribution in [0.1, 0.15) is 25.7 Å². The minimum Gasteiger partial charge on any atom is -0.381 e. The summed E-state index contributed by atoms with van der Waals surface area (Å²) in [5.41, 5.74) is 5.91. The zero-order chi connectivity index (χ0) is 11.8. The molecular weight excluding hydrogens is 216 g/mol. The Morgan fingerprint density at radius 3 is 2.62 bits per heavy atom. The van der Waals surface area contributed by atoms with Crippen molar-refractivity contribution >= 4 is 0 Å². The number of ether oxygens (including phenoxy) is 2. The Balaban J connectivity index is 1.99. The summed E-state index contributed by atoms with van der Waals surface area (Å²) >= 11 is 0. The van der Waals surface area contributed by atoms with Crippen molar-refractivity contribution in [3.8, 4) is 0 Å². The molecular formula is C11H21F2NO2. The van der Waals surface area contributed by atoms with Gasteiger partial charge in [0.25, 0.3) is 6.43 Å². The van der Waals surface area contributed by atoms with E-state index in [1.165, 1.54) is 0 Å². The summed E-state index contributed by atoms with van der Waals surface area (Å²) in [7, 11) is 0. The predicted molar refractivity (Wildman–Crippen MR) is 57.6 cm³/mol. The van der Waals surface area contributed by atoms with Crippen molar-refractivity contribution in [1.82, 2.24) is 0 Å². The highest BCUT2D eigenvalue weighted by Crippen LogP contribution is 2.20. The highest BCUT2D eigenvalue weighted by Gasteiger charge is 2.17. The molecule has 5 heteroatoms. The van der Waals surface area contributed by atoms with E-state index >= 15 is 0 Å². The molecule has 0 amide bonds. The van der Waals surface area contributed by atoms with E-state index in [-0.39, 0.29) is 6.04 Å². The highest BCUT2D eigenvalue weighted by atomic mass is 19.3. The second-order valence-corrected chi connectivity index (χ2v) is 4.31. The van der Waals surface area contributed by atoms with Crippen LogP contribution in [-0.4, -0.2) is 38.9 Å². The SMILES string of the molecule is NC(CCOCC(F)F)CC1CCOCC1. The summed E-state index contributed by atoms with van der Waals surface area (Å²) in [5.74, 6) is 0.624. The van der Waals surface area contributed by atoms with Crippen LogP contribution in [0, 0.1) is 5.92 Å². The third-order valence-electron chi connectivity index (χ3n) is 2.85. The van der Waals surface area contributed by atoms with Gasteiger partial charge < -0.3 is 15.2 Å². The summed E-state index contributed by atoms with van der Waals surface area (Å²) < 4.78 is 33.6. The van der Waals surface area contributed by atoms with E-state index in [2.05, 4.69) is 0 Å². The lowest BCUT2D eigenvalue weighted by Gasteiger charge is -2.24. The van der Waals surface area contributed by atoms with Crippen LogP contribution in [0.3, 0.4) is 0 Å². The molecule has 0 radical (unpaired) electrons. The van der Waals surface area contributed by atoms with Gasteiger partial charge in [0.15, 0.2) is 0 Å². The molecule has 0 aromatic rings. The predicted octanol–water partition coefficient (Wildman–Crippen LogP) is 1.80. The van der Waals surface area contributed by atoms with Gasteiger partial charge in [-0.1, -0.05) is 0 Å². The van der Waals surface area contributed by atoms with Gasteiger partial charge in [-0.15, -0.1) is 0 Å². The summed E-state index contributed by atoms with van der Waals surface area (Å²) in [6.07, 6.45) is 1.34. The summed E-state index contributed by atoms with van der Waals surface area (Å²) in [6.45, 7) is 1.48. The Hall–Kier alpha value is -0.260. The Bertz CT molecular complexity index is 175. The average Bonchev–Trinajstić information content (AvgIpc) is 2.25. The van der Waals surface area contributed by atoms with Crippen molar-refractivity contribution in [2.45, 2.75) is 38.2 Å². The van der Waals surface area contributed by atoms with E-state index in [9.17, 15) is 8.78 Å². The van der Waals surface area contributed by atoms with Crippen LogP contribution in [0.15, 0.2) is 0 Å². The molecule has 3 nitrogen and oxygen atoms in total. The number of nitrogens with two attached hydrogens (primary N) is 1. The summed E-state index contributed by atoms with van der Waals surface area (Å²) in [5, 5.41) is 0. The van der Waals surface area contributed by atoms with Crippen LogP contribution in [0.25, 0.3) is 0 Å². The molecule has 0 saturated carbocycles. The average molecular weight is 237 g/mol. The Morgan fingerprint density at radius 1 is 1.31 bits per heavy atom. The van der Waals surface area contributed by atoms with E-state index in [4.69, 9.17) is 15.2 Å². The first-order valence-electron chi connectivity index (χ1n) is 5.87. The third-order valence-corrected chi connectivity index (χ3v) is 2.85. The van der Waals surface area contributed by atoms with Crippen LogP contribution >= 0.6 is 0 Å². The van der Waals surface area contributed by atoms with E-state index in [1.54, 1.807) is 0 Å².